The lowest BCUT2D eigenvalue weighted by Gasteiger charge is -2.23. The number of thiophene rings is 1. The Morgan fingerprint density at radius 3 is 2.97 bits per heavy atom. The summed E-state index contributed by atoms with van der Waals surface area (Å²) in [7, 11) is 0. The maximum absolute atomic E-state index is 12.5. The van der Waals surface area contributed by atoms with Crippen LogP contribution in [0.25, 0.3) is 6.08 Å². The summed E-state index contributed by atoms with van der Waals surface area (Å²) in [5.74, 6) is -0.0457. The van der Waals surface area contributed by atoms with Gasteiger partial charge in [0.1, 0.15) is 11.1 Å². The van der Waals surface area contributed by atoms with Crippen LogP contribution in [0.5, 0.6) is 0 Å². The predicted octanol–water partition coefficient (Wildman–Crippen LogP) is 4.31. The van der Waals surface area contributed by atoms with E-state index in [0.29, 0.717) is 17.2 Å². The van der Waals surface area contributed by atoms with E-state index >= 15 is 0 Å². The number of nitrogens with one attached hydrogen (secondary N) is 1. The minimum Gasteiger partial charge on any atom is -0.449 e. The van der Waals surface area contributed by atoms with E-state index in [1.165, 1.54) is 17.4 Å². The summed E-state index contributed by atoms with van der Waals surface area (Å²) in [6, 6.07) is 4.15. The summed E-state index contributed by atoms with van der Waals surface area (Å²) in [6.07, 6.45) is 10.8. The number of anilines is 1. The van der Waals surface area contributed by atoms with Gasteiger partial charge in [0.25, 0.3) is 0 Å². The smallest absolute Gasteiger partial charge is 0.409 e. The fourth-order valence-electron chi connectivity index (χ4n) is 4.15. The van der Waals surface area contributed by atoms with E-state index in [-0.39, 0.29) is 17.9 Å². The predicted molar refractivity (Wildman–Crippen MR) is 123 cm³/mol. The van der Waals surface area contributed by atoms with Crippen LogP contribution in [0.15, 0.2) is 24.5 Å². The Labute approximate surface area is 191 Å². The molecule has 2 aromatic rings. The number of nitriles is 1. The second kappa shape index (κ2) is 9.96. The van der Waals surface area contributed by atoms with Crippen LogP contribution in [0.1, 0.15) is 46.4 Å². The lowest BCUT2D eigenvalue weighted by Crippen LogP contribution is -2.30. The van der Waals surface area contributed by atoms with Crippen molar-refractivity contribution < 1.29 is 14.3 Å². The summed E-state index contributed by atoms with van der Waals surface area (Å²) in [4.78, 5) is 31.5. The van der Waals surface area contributed by atoms with Crippen molar-refractivity contribution in [1.29, 1.82) is 5.26 Å². The van der Waals surface area contributed by atoms with Crippen LogP contribution >= 0.6 is 11.3 Å². The number of carbonyl (C=O) groups excluding carboxylic acids is 2. The maximum Gasteiger partial charge on any atom is 0.409 e. The molecule has 0 saturated carbocycles. The van der Waals surface area contributed by atoms with E-state index in [1.54, 1.807) is 23.4 Å². The van der Waals surface area contributed by atoms with Crippen molar-refractivity contribution in [2.75, 3.05) is 25.0 Å². The normalized spacial score (nSPS) is 17.8. The number of carbonyl (C=O) groups is 2. The highest BCUT2D eigenvalue weighted by atomic mass is 32.1. The molecule has 1 N–H and O–H groups in total. The van der Waals surface area contributed by atoms with E-state index in [2.05, 4.69) is 16.4 Å². The molecule has 0 spiro atoms. The zero-order valence-electron chi connectivity index (χ0n) is 18.1. The fourth-order valence-corrected chi connectivity index (χ4v) is 5.47. The molecule has 1 atom stereocenters. The molecule has 2 aliphatic rings. The number of amides is 2. The molecule has 1 unspecified atom stereocenters. The lowest BCUT2D eigenvalue weighted by atomic mass is 9.88. The highest BCUT2D eigenvalue weighted by Crippen LogP contribution is 2.39. The first-order chi connectivity index (χ1) is 15.5. The van der Waals surface area contributed by atoms with Gasteiger partial charge >= 0.3 is 6.09 Å². The van der Waals surface area contributed by atoms with Gasteiger partial charge in [0.05, 0.1) is 12.2 Å². The fraction of sp³-hybridized carbons (Fsp3) is 0.417. The van der Waals surface area contributed by atoms with Gasteiger partial charge in [-0.25, -0.2) is 4.79 Å². The zero-order chi connectivity index (χ0) is 22.5. The van der Waals surface area contributed by atoms with Crippen molar-refractivity contribution >= 4 is 34.4 Å². The van der Waals surface area contributed by atoms with E-state index in [1.807, 2.05) is 13.0 Å². The second-order valence-corrected chi connectivity index (χ2v) is 9.36. The van der Waals surface area contributed by atoms with E-state index in [9.17, 15) is 14.9 Å². The quantitative estimate of drug-likeness (QED) is 0.685. The number of hydrogen-bond acceptors (Lipinski definition) is 6. The summed E-state index contributed by atoms with van der Waals surface area (Å²) >= 11 is 1.45. The van der Waals surface area contributed by atoms with Crippen LogP contribution in [0, 0.1) is 24.2 Å². The third-order valence-electron chi connectivity index (χ3n) is 6.02. The molecule has 0 aromatic carbocycles. The highest BCUT2D eigenvalue weighted by molar-refractivity contribution is 7.16. The average Bonchev–Trinajstić information content (AvgIpc) is 3.44. The number of fused-ring (bicyclic) bond motifs is 1. The molecule has 2 aromatic heterocycles. The molecule has 166 valence electrons. The SMILES string of the molecule is Cc1ccncc1C=CC(=O)Nc1sc2c(c1C#N)CCC(COC(=O)N1CCCC1)C2. The van der Waals surface area contributed by atoms with Crippen molar-refractivity contribution in [3.05, 3.63) is 51.7 Å². The molecular weight excluding hydrogens is 424 g/mol. The molecule has 7 nitrogen and oxygen atoms in total. The molecule has 1 aliphatic heterocycles. The third-order valence-corrected chi connectivity index (χ3v) is 7.19. The van der Waals surface area contributed by atoms with Crippen LogP contribution in [-0.2, 0) is 22.4 Å². The minimum atomic E-state index is -0.278. The van der Waals surface area contributed by atoms with Crippen LogP contribution in [0.3, 0.4) is 0 Å². The first-order valence-corrected chi connectivity index (χ1v) is 11.7. The van der Waals surface area contributed by atoms with Gasteiger partial charge in [-0.15, -0.1) is 11.3 Å². The molecule has 1 fully saturated rings. The molecule has 1 aliphatic carbocycles. The van der Waals surface area contributed by atoms with Gasteiger partial charge < -0.3 is 15.0 Å². The first-order valence-electron chi connectivity index (χ1n) is 10.9. The standard InChI is InChI=1S/C24H26N4O3S/c1-16-8-9-26-14-18(16)5-7-22(29)27-23-20(13-25)19-6-4-17(12-21(19)32-23)15-31-24(30)28-10-2-3-11-28/h5,7-9,14,17H,2-4,6,10-12,15H2,1H3,(H,27,29). The molecule has 8 heteroatoms. The first kappa shape index (κ1) is 22.0. The molecule has 1 saturated heterocycles. The summed E-state index contributed by atoms with van der Waals surface area (Å²) in [5.41, 5.74) is 3.48. The van der Waals surface area contributed by atoms with Crippen LogP contribution in [0.2, 0.25) is 0 Å². The summed E-state index contributed by atoms with van der Waals surface area (Å²) < 4.78 is 5.53. The molecular formula is C24H26N4O3S. The number of likely N-dealkylation sites (tertiary alicyclic amines) is 1. The van der Waals surface area contributed by atoms with Crippen LogP contribution in [0.4, 0.5) is 9.80 Å². The topological polar surface area (TPSA) is 95.3 Å². The molecule has 0 radical (unpaired) electrons. The van der Waals surface area contributed by atoms with E-state index < -0.39 is 0 Å². The van der Waals surface area contributed by atoms with Crippen LogP contribution in [-0.4, -0.2) is 41.6 Å². The van der Waals surface area contributed by atoms with Crippen LogP contribution < -0.4 is 5.32 Å². The van der Waals surface area contributed by atoms with Crippen molar-refractivity contribution in [2.45, 2.75) is 39.0 Å². The number of aromatic nitrogens is 1. The molecule has 3 heterocycles. The summed E-state index contributed by atoms with van der Waals surface area (Å²) in [5, 5.41) is 13.1. The Balaban J connectivity index is 1.38. The Morgan fingerprint density at radius 1 is 1.41 bits per heavy atom. The Morgan fingerprint density at radius 2 is 2.22 bits per heavy atom. The van der Waals surface area contributed by atoms with Crippen molar-refractivity contribution in [1.82, 2.24) is 9.88 Å². The van der Waals surface area contributed by atoms with Crippen molar-refractivity contribution in [3.63, 3.8) is 0 Å². The monoisotopic (exact) mass is 450 g/mol. The lowest BCUT2D eigenvalue weighted by molar-refractivity contribution is -0.111. The van der Waals surface area contributed by atoms with E-state index in [4.69, 9.17) is 4.74 Å². The number of rotatable bonds is 5. The number of ether oxygens (including phenoxy) is 1. The number of aryl methyl sites for hydroxylation is 1. The van der Waals surface area contributed by atoms with E-state index in [0.717, 1.165) is 66.8 Å². The second-order valence-electron chi connectivity index (χ2n) is 8.25. The summed E-state index contributed by atoms with van der Waals surface area (Å²) in [6.45, 7) is 3.91. The number of nitrogens with zero attached hydrogens (tertiary/aromatic N) is 3. The van der Waals surface area contributed by atoms with Gasteiger partial charge in [-0.1, -0.05) is 0 Å². The average molecular weight is 451 g/mol. The van der Waals surface area contributed by atoms with Gasteiger partial charge in [-0.05, 0) is 73.8 Å². The Kier molecular flexibility index (Phi) is 6.86. The number of pyridine rings is 1. The van der Waals surface area contributed by atoms with Gasteiger partial charge in [0, 0.05) is 36.4 Å². The third kappa shape index (κ3) is 5.00. The largest absolute Gasteiger partial charge is 0.449 e. The van der Waals surface area contributed by atoms with Crippen molar-refractivity contribution in [3.8, 4) is 6.07 Å². The van der Waals surface area contributed by atoms with Gasteiger partial charge in [0.15, 0.2) is 0 Å². The Bertz CT molecular complexity index is 1080. The van der Waals surface area contributed by atoms with Gasteiger partial charge in [-0.2, -0.15) is 5.26 Å². The maximum atomic E-state index is 12.5. The molecule has 2 amide bonds. The molecule has 0 bridgehead atoms. The van der Waals surface area contributed by atoms with Gasteiger partial charge in [-0.3, -0.25) is 9.78 Å². The minimum absolute atomic E-state index is 0.221. The number of hydrogen-bond donors (Lipinski definition) is 1. The van der Waals surface area contributed by atoms with Gasteiger partial charge in [0.2, 0.25) is 5.91 Å². The molecule has 32 heavy (non-hydrogen) atoms. The molecule has 4 rings (SSSR count). The van der Waals surface area contributed by atoms with Crippen molar-refractivity contribution in [2.24, 2.45) is 5.92 Å². The highest BCUT2D eigenvalue weighted by Gasteiger charge is 2.28. The Hall–Kier alpha value is -3.18. The zero-order valence-corrected chi connectivity index (χ0v) is 18.9.